The molecule has 0 saturated heterocycles. The number of nitrogens with one attached hydrogen (secondary N) is 1. The van der Waals surface area contributed by atoms with E-state index in [0.29, 0.717) is 0 Å². The third-order valence-corrected chi connectivity index (χ3v) is 7.87. The van der Waals surface area contributed by atoms with Crippen molar-refractivity contribution in [3.63, 3.8) is 0 Å². The average molecular weight is 495 g/mol. The molecule has 0 amide bonds. The van der Waals surface area contributed by atoms with Gasteiger partial charge in [-0.2, -0.15) is 0 Å². The predicted molar refractivity (Wildman–Crippen MR) is 159 cm³/mol. The third kappa shape index (κ3) is 3.46. The topological polar surface area (TPSA) is 38.1 Å². The highest BCUT2D eigenvalue weighted by atomic mass is 16.3. The van der Waals surface area contributed by atoms with Gasteiger partial charge >= 0.3 is 0 Å². The molecule has 0 atom stereocenters. The minimum atomic E-state index is 0.0427. The van der Waals surface area contributed by atoms with Crippen LogP contribution in [0, 0.1) is 13.8 Å². The molecule has 0 fully saturated rings. The molecule has 6 aromatic rings. The van der Waals surface area contributed by atoms with Gasteiger partial charge in [0.1, 0.15) is 11.2 Å². The normalized spacial score (nSPS) is 12.6. The van der Waals surface area contributed by atoms with Crippen molar-refractivity contribution >= 4 is 33.3 Å². The van der Waals surface area contributed by atoms with Gasteiger partial charge < -0.3 is 9.73 Å². The molecule has 3 heteroatoms. The van der Waals surface area contributed by atoms with E-state index in [4.69, 9.17) is 9.40 Å². The lowest BCUT2D eigenvalue weighted by molar-refractivity contribution is 0.590. The summed E-state index contributed by atoms with van der Waals surface area (Å²) in [6.45, 7) is 11.1. The number of pyridine rings is 1. The Morgan fingerprint density at radius 3 is 2.34 bits per heavy atom. The Labute approximate surface area is 223 Å². The number of rotatable bonds is 1. The smallest absolute Gasteiger partial charge is 0.136 e. The van der Waals surface area contributed by atoms with Gasteiger partial charge in [-0.15, -0.1) is 0 Å². The quantitative estimate of drug-likeness (QED) is 0.247. The van der Waals surface area contributed by atoms with Gasteiger partial charge in [0.2, 0.25) is 0 Å². The van der Waals surface area contributed by atoms with E-state index >= 15 is 0 Å². The van der Waals surface area contributed by atoms with Crippen LogP contribution in [-0.4, -0.2) is 4.98 Å². The lowest BCUT2D eigenvalue weighted by Crippen LogP contribution is -2.10. The Bertz CT molecular complexity index is 1890. The van der Waals surface area contributed by atoms with Crippen molar-refractivity contribution in [2.75, 3.05) is 5.32 Å². The second kappa shape index (κ2) is 8.06. The highest BCUT2D eigenvalue weighted by molar-refractivity contribution is 6.17. The number of fused-ring (bicyclic) bond motifs is 10. The summed E-state index contributed by atoms with van der Waals surface area (Å²) in [5.74, 6) is 0. The number of aromatic nitrogens is 1. The van der Waals surface area contributed by atoms with E-state index in [-0.39, 0.29) is 5.41 Å². The highest BCUT2D eigenvalue weighted by Crippen LogP contribution is 2.49. The van der Waals surface area contributed by atoms with Crippen LogP contribution in [-0.2, 0) is 5.41 Å². The zero-order valence-electron chi connectivity index (χ0n) is 22.4. The van der Waals surface area contributed by atoms with Crippen LogP contribution in [0.25, 0.3) is 55.4 Å². The lowest BCUT2D eigenvalue weighted by Gasteiger charge is -2.24. The van der Waals surface area contributed by atoms with Crippen LogP contribution >= 0.6 is 0 Å². The number of para-hydroxylation sites is 1. The first kappa shape index (κ1) is 22.8. The summed E-state index contributed by atoms with van der Waals surface area (Å²) < 4.78 is 6.55. The van der Waals surface area contributed by atoms with Crippen LogP contribution in [0.3, 0.4) is 0 Å². The zero-order valence-corrected chi connectivity index (χ0v) is 22.4. The van der Waals surface area contributed by atoms with E-state index in [0.717, 1.165) is 50.3 Å². The zero-order chi connectivity index (χ0) is 26.2. The van der Waals surface area contributed by atoms with Gasteiger partial charge in [0, 0.05) is 45.0 Å². The molecule has 0 radical (unpaired) electrons. The standard InChI is InChI=1S/C35H30N2O/c1-20-10-13-28(36-19-20)22-11-14-30-26(16-22)33-21(2)25(24-8-6-7-9-29(24)37-30)18-32-34(33)27-17-23(35(3,4)5)12-15-31(27)38-32/h6-19,37H,1-5H3. The maximum atomic E-state index is 6.55. The largest absolute Gasteiger partial charge is 0.456 e. The van der Waals surface area contributed by atoms with Crippen LogP contribution in [0.2, 0.25) is 0 Å². The fourth-order valence-electron chi connectivity index (χ4n) is 5.75. The molecule has 7 rings (SSSR count). The molecule has 4 aromatic carbocycles. The molecule has 3 heterocycles. The minimum absolute atomic E-state index is 0.0427. The summed E-state index contributed by atoms with van der Waals surface area (Å²) in [5.41, 5.74) is 14.6. The molecule has 1 aliphatic heterocycles. The number of anilines is 2. The number of hydrogen-bond acceptors (Lipinski definition) is 3. The van der Waals surface area contributed by atoms with E-state index in [2.05, 4.69) is 119 Å². The summed E-state index contributed by atoms with van der Waals surface area (Å²) in [7, 11) is 0. The number of aryl methyl sites for hydroxylation is 1. The van der Waals surface area contributed by atoms with E-state index in [1.807, 2.05) is 6.20 Å². The molecule has 0 aliphatic carbocycles. The van der Waals surface area contributed by atoms with Gasteiger partial charge in [0.25, 0.3) is 0 Å². The fourth-order valence-corrected chi connectivity index (χ4v) is 5.75. The van der Waals surface area contributed by atoms with Crippen LogP contribution in [0.5, 0.6) is 0 Å². The molecule has 2 aromatic heterocycles. The van der Waals surface area contributed by atoms with Crippen LogP contribution < -0.4 is 5.32 Å². The summed E-state index contributed by atoms with van der Waals surface area (Å²) in [6.07, 6.45) is 1.93. The SMILES string of the molecule is Cc1ccc(-c2ccc3c(c2)-c2c(C)c(cc4oc5ccc(C(C)(C)C)cc5c24)-c2ccccc2N3)nc1. The first-order chi connectivity index (χ1) is 18.3. The molecule has 1 N–H and O–H groups in total. The third-order valence-electron chi connectivity index (χ3n) is 7.87. The van der Waals surface area contributed by atoms with Gasteiger partial charge in [-0.05, 0) is 89.5 Å². The molecular formula is C35H30N2O. The van der Waals surface area contributed by atoms with Crippen molar-refractivity contribution in [1.82, 2.24) is 4.98 Å². The second-order valence-electron chi connectivity index (χ2n) is 11.5. The first-order valence-corrected chi connectivity index (χ1v) is 13.2. The predicted octanol–water partition coefficient (Wildman–Crippen LogP) is 9.95. The molecule has 186 valence electrons. The summed E-state index contributed by atoms with van der Waals surface area (Å²) in [5, 5.41) is 6.09. The van der Waals surface area contributed by atoms with E-state index in [9.17, 15) is 0 Å². The molecule has 1 aliphatic rings. The Morgan fingerprint density at radius 2 is 1.55 bits per heavy atom. The van der Waals surface area contributed by atoms with E-state index < -0.39 is 0 Å². The van der Waals surface area contributed by atoms with Crippen molar-refractivity contribution in [2.45, 2.75) is 40.0 Å². The monoisotopic (exact) mass is 494 g/mol. The Kier molecular flexibility index (Phi) is 4.84. The van der Waals surface area contributed by atoms with Gasteiger partial charge in [-0.1, -0.05) is 57.2 Å². The summed E-state index contributed by atoms with van der Waals surface area (Å²) >= 11 is 0. The fraction of sp³-hybridized carbons (Fsp3) is 0.171. The van der Waals surface area contributed by atoms with Gasteiger partial charge in [-0.25, -0.2) is 0 Å². The highest BCUT2D eigenvalue weighted by Gasteiger charge is 2.25. The molecular weight excluding hydrogens is 464 g/mol. The van der Waals surface area contributed by atoms with Crippen molar-refractivity contribution in [3.05, 3.63) is 102 Å². The van der Waals surface area contributed by atoms with Gasteiger partial charge in [0.15, 0.2) is 0 Å². The average Bonchev–Trinajstić information content (AvgIpc) is 3.26. The van der Waals surface area contributed by atoms with Crippen molar-refractivity contribution in [2.24, 2.45) is 0 Å². The van der Waals surface area contributed by atoms with Crippen LogP contribution in [0.4, 0.5) is 11.4 Å². The number of furan rings is 1. The first-order valence-electron chi connectivity index (χ1n) is 13.2. The summed E-state index contributed by atoms with van der Waals surface area (Å²) in [6, 6.07) is 28.3. The maximum absolute atomic E-state index is 6.55. The Balaban J connectivity index is 1.62. The molecule has 38 heavy (non-hydrogen) atoms. The van der Waals surface area contributed by atoms with E-state index in [1.54, 1.807) is 0 Å². The second-order valence-corrected chi connectivity index (χ2v) is 11.5. The molecule has 2 bridgehead atoms. The van der Waals surface area contributed by atoms with Gasteiger partial charge in [-0.3, -0.25) is 4.98 Å². The van der Waals surface area contributed by atoms with Crippen molar-refractivity contribution in [1.29, 1.82) is 0 Å². The minimum Gasteiger partial charge on any atom is -0.456 e. The van der Waals surface area contributed by atoms with Crippen molar-refractivity contribution < 1.29 is 4.42 Å². The van der Waals surface area contributed by atoms with E-state index in [1.165, 1.54) is 33.2 Å². The molecule has 0 unspecified atom stereocenters. The van der Waals surface area contributed by atoms with Crippen LogP contribution in [0.1, 0.15) is 37.5 Å². The Morgan fingerprint density at radius 1 is 0.737 bits per heavy atom. The van der Waals surface area contributed by atoms with Crippen molar-refractivity contribution in [3.8, 4) is 33.5 Å². The summed E-state index contributed by atoms with van der Waals surface area (Å²) in [4.78, 5) is 4.73. The van der Waals surface area contributed by atoms with Crippen LogP contribution in [0.15, 0.2) is 89.5 Å². The molecule has 0 saturated carbocycles. The number of hydrogen-bond donors (Lipinski definition) is 1. The molecule has 0 spiro atoms. The number of nitrogens with zero attached hydrogens (tertiary/aromatic N) is 1. The number of benzene rings is 4. The Hall–Kier alpha value is -4.37. The maximum Gasteiger partial charge on any atom is 0.136 e. The molecule has 3 nitrogen and oxygen atoms in total. The lowest BCUT2D eigenvalue weighted by atomic mass is 9.84. The van der Waals surface area contributed by atoms with Gasteiger partial charge in [0.05, 0.1) is 5.69 Å².